The molecule has 27 heavy (non-hydrogen) atoms. The molecule has 3 amide bonds. The Morgan fingerprint density at radius 3 is 2.52 bits per heavy atom. The van der Waals surface area contributed by atoms with Crippen LogP contribution >= 0.6 is 0 Å². The van der Waals surface area contributed by atoms with Crippen LogP contribution in [0.1, 0.15) is 33.3 Å². The van der Waals surface area contributed by atoms with Crippen molar-refractivity contribution in [1.82, 2.24) is 16.0 Å². The zero-order valence-electron chi connectivity index (χ0n) is 16.3. The molecule has 2 rings (SSSR count). The lowest BCUT2D eigenvalue weighted by Gasteiger charge is -2.28. The van der Waals surface area contributed by atoms with Crippen molar-refractivity contribution >= 4 is 23.6 Å². The van der Waals surface area contributed by atoms with Crippen LogP contribution in [0.25, 0.3) is 0 Å². The minimum atomic E-state index is -0.703. The van der Waals surface area contributed by atoms with Gasteiger partial charge in [0.05, 0.1) is 6.54 Å². The maximum atomic E-state index is 12.1. The lowest BCUT2D eigenvalue weighted by molar-refractivity contribution is -0.123. The van der Waals surface area contributed by atoms with E-state index in [1.54, 1.807) is 27.7 Å². The fraction of sp³-hybridized carbons (Fsp3) is 0.526. The molecule has 0 saturated carbocycles. The fourth-order valence-electron chi connectivity index (χ4n) is 2.58. The van der Waals surface area contributed by atoms with Gasteiger partial charge >= 0.3 is 6.09 Å². The van der Waals surface area contributed by atoms with Gasteiger partial charge < -0.3 is 25.6 Å². The van der Waals surface area contributed by atoms with Crippen LogP contribution in [-0.2, 0) is 20.9 Å². The van der Waals surface area contributed by atoms with Crippen molar-refractivity contribution < 1.29 is 19.1 Å². The van der Waals surface area contributed by atoms with Crippen LogP contribution in [0.2, 0.25) is 0 Å². The topological polar surface area (TPSA) is 99.8 Å². The van der Waals surface area contributed by atoms with Gasteiger partial charge in [-0.15, -0.1) is 0 Å². The van der Waals surface area contributed by atoms with Gasteiger partial charge in [0, 0.05) is 25.3 Å². The number of nitrogens with zero attached hydrogens (tertiary/aromatic N) is 1. The summed E-state index contributed by atoms with van der Waals surface area (Å²) in [5.74, 6) is -0.276. The molecule has 0 unspecified atom stereocenters. The van der Waals surface area contributed by atoms with Gasteiger partial charge in [0.15, 0.2) is 0 Å². The van der Waals surface area contributed by atoms with Gasteiger partial charge in [0.25, 0.3) is 0 Å². The van der Waals surface area contributed by atoms with E-state index in [4.69, 9.17) is 4.74 Å². The van der Waals surface area contributed by atoms with Crippen LogP contribution in [0.15, 0.2) is 24.3 Å². The molecule has 0 aliphatic carbocycles. The summed E-state index contributed by atoms with van der Waals surface area (Å²) in [6.07, 6.45) is -0.625. The highest BCUT2D eigenvalue weighted by atomic mass is 16.6. The molecule has 1 aromatic carbocycles. The van der Waals surface area contributed by atoms with E-state index in [0.29, 0.717) is 19.6 Å². The monoisotopic (exact) mass is 376 g/mol. The molecule has 1 aliphatic heterocycles. The average molecular weight is 376 g/mol. The number of hydrogen-bond donors (Lipinski definition) is 3. The van der Waals surface area contributed by atoms with E-state index in [1.165, 1.54) is 0 Å². The number of anilines is 1. The summed E-state index contributed by atoms with van der Waals surface area (Å²) < 4.78 is 5.14. The third kappa shape index (κ3) is 6.80. The van der Waals surface area contributed by atoms with Gasteiger partial charge in [0.2, 0.25) is 11.8 Å². The minimum Gasteiger partial charge on any atom is -0.444 e. The number of ether oxygens (including phenoxy) is 1. The molecule has 1 atom stereocenters. The molecule has 0 spiro atoms. The standard InChI is InChI=1S/C19H28N4O4/c1-13(22-18(26)27-19(2,3)4)17(25)21-11-14-5-7-15(8-6-14)23-10-9-20-16(24)12-23/h5-8,13H,9-12H2,1-4H3,(H,20,24)(H,21,25)(H,22,26)/t13-/m1/s1. The molecule has 148 valence electrons. The highest BCUT2D eigenvalue weighted by molar-refractivity contribution is 5.85. The van der Waals surface area contributed by atoms with E-state index in [0.717, 1.165) is 17.8 Å². The Morgan fingerprint density at radius 2 is 1.93 bits per heavy atom. The smallest absolute Gasteiger partial charge is 0.408 e. The predicted molar refractivity (Wildman–Crippen MR) is 102 cm³/mol. The van der Waals surface area contributed by atoms with Crippen LogP contribution in [0.4, 0.5) is 10.5 Å². The van der Waals surface area contributed by atoms with Gasteiger partial charge in [-0.3, -0.25) is 9.59 Å². The number of alkyl carbamates (subject to hydrolysis) is 1. The lowest BCUT2D eigenvalue weighted by atomic mass is 10.1. The molecule has 0 aromatic heterocycles. The number of amides is 3. The van der Waals surface area contributed by atoms with Crippen LogP contribution in [-0.4, -0.2) is 49.2 Å². The van der Waals surface area contributed by atoms with E-state index >= 15 is 0 Å². The van der Waals surface area contributed by atoms with Gasteiger partial charge in [-0.1, -0.05) is 12.1 Å². The van der Waals surface area contributed by atoms with Gasteiger partial charge in [-0.2, -0.15) is 0 Å². The molecule has 1 saturated heterocycles. The summed E-state index contributed by atoms with van der Waals surface area (Å²) in [5.41, 5.74) is 1.29. The maximum Gasteiger partial charge on any atom is 0.408 e. The normalized spacial score (nSPS) is 15.6. The molecular formula is C19H28N4O4. The van der Waals surface area contributed by atoms with E-state index in [9.17, 15) is 14.4 Å². The predicted octanol–water partition coefficient (Wildman–Crippen LogP) is 1.15. The number of nitrogens with one attached hydrogen (secondary N) is 3. The first kappa shape index (κ1) is 20.5. The highest BCUT2D eigenvalue weighted by Gasteiger charge is 2.21. The quantitative estimate of drug-likeness (QED) is 0.716. The second-order valence-electron chi connectivity index (χ2n) is 7.52. The van der Waals surface area contributed by atoms with Crippen molar-refractivity contribution in [2.45, 2.75) is 45.9 Å². The van der Waals surface area contributed by atoms with Crippen molar-refractivity contribution in [2.75, 3.05) is 24.5 Å². The van der Waals surface area contributed by atoms with E-state index in [-0.39, 0.29) is 11.8 Å². The Labute approximate surface area is 159 Å². The van der Waals surface area contributed by atoms with Crippen molar-refractivity contribution in [2.24, 2.45) is 0 Å². The molecule has 1 aliphatic rings. The average Bonchev–Trinajstić information content (AvgIpc) is 2.58. The Bertz CT molecular complexity index is 682. The Hall–Kier alpha value is -2.77. The summed E-state index contributed by atoms with van der Waals surface area (Å²) in [5, 5.41) is 8.09. The Morgan fingerprint density at radius 1 is 1.26 bits per heavy atom. The summed E-state index contributed by atoms with van der Waals surface area (Å²) in [6.45, 7) is 8.99. The number of rotatable bonds is 5. The molecule has 8 heteroatoms. The summed E-state index contributed by atoms with van der Waals surface area (Å²) in [4.78, 5) is 37.3. The molecule has 0 bridgehead atoms. The summed E-state index contributed by atoms with van der Waals surface area (Å²) in [7, 11) is 0. The number of hydrogen-bond acceptors (Lipinski definition) is 5. The molecule has 1 heterocycles. The Balaban J connectivity index is 1.80. The van der Waals surface area contributed by atoms with Crippen molar-refractivity contribution in [3.8, 4) is 0 Å². The molecule has 0 radical (unpaired) electrons. The van der Waals surface area contributed by atoms with E-state index in [2.05, 4.69) is 16.0 Å². The zero-order chi connectivity index (χ0) is 20.0. The third-order valence-electron chi connectivity index (χ3n) is 3.93. The molecule has 1 fully saturated rings. The van der Waals surface area contributed by atoms with E-state index < -0.39 is 17.7 Å². The molecule has 1 aromatic rings. The van der Waals surface area contributed by atoms with Crippen molar-refractivity contribution in [3.05, 3.63) is 29.8 Å². The number of carbonyl (C=O) groups excluding carboxylic acids is 3. The maximum absolute atomic E-state index is 12.1. The van der Waals surface area contributed by atoms with Gasteiger partial charge in [-0.05, 0) is 45.4 Å². The van der Waals surface area contributed by atoms with Gasteiger partial charge in [-0.25, -0.2) is 4.79 Å². The minimum absolute atomic E-state index is 0.0177. The molecule has 3 N–H and O–H groups in total. The molecular weight excluding hydrogens is 348 g/mol. The second kappa shape index (κ2) is 8.75. The van der Waals surface area contributed by atoms with Crippen LogP contribution in [0.5, 0.6) is 0 Å². The fourth-order valence-corrected chi connectivity index (χ4v) is 2.58. The SMILES string of the molecule is C[C@@H](NC(=O)OC(C)(C)C)C(=O)NCc1ccc(N2CCNC(=O)C2)cc1. The van der Waals surface area contributed by atoms with Crippen LogP contribution in [0, 0.1) is 0 Å². The first-order valence-corrected chi connectivity index (χ1v) is 9.02. The van der Waals surface area contributed by atoms with Crippen molar-refractivity contribution in [3.63, 3.8) is 0 Å². The number of piperazine rings is 1. The number of carbonyl (C=O) groups is 3. The van der Waals surface area contributed by atoms with Crippen molar-refractivity contribution in [1.29, 1.82) is 0 Å². The first-order valence-electron chi connectivity index (χ1n) is 9.02. The molecule has 8 nitrogen and oxygen atoms in total. The van der Waals surface area contributed by atoms with Gasteiger partial charge in [0.1, 0.15) is 11.6 Å². The van der Waals surface area contributed by atoms with E-state index in [1.807, 2.05) is 29.2 Å². The second-order valence-corrected chi connectivity index (χ2v) is 7.52. The number of benzene rings is 1. The summed E-state index contributed by atoms with van der Waals surface area (Å²) >= 11 is 0. The van der Waals surface area contributed by atoms with Crippen LogP contribution in [0.3, 0.4) is 0 Å². The summed E-state index contributed by atoms with van der Waals surface area (Å²) in [6, 6.07) is 6.98. The lowest BCUT2D eigenvalue weighted by Crippen LogP contribution is -2.47. The largest absolute Gasteiger partial charge is 0.444 e. The zero-order valence-corrected chi connectivity index (χ0v) is 16.3. The Kier molecular flexibility index (Phi) is 6.65. The third-order valence-corrected chi connectivity index (χ3v) is 3.93. The first-order chi connectivity index (χ1) is 12.6. The van der Waals surface area contributed by atoms with Crippen LogP contribution < -0.4 is 20.9 Å². The highest BCUT2D eigenvalue weighted by Crippen LogP contribution is 2.16.